The Morgan fingerprint density at radius 1 is 1.26 bits per heavy atom. The zero-order chi connectivity index (χ0) is 16.8. The fourth-order valence-corrected chi connectivity index (χ4v) is 3.43. The normalized spacial score (nSPS) is 27.0. The Morgan fingerprint density at radius 3 is 2.48 bits per heavy atom. The summed E-state index contributed by atoms with van der Waals surface area (Å²) < 4.78 is 0. The molecule has 7 nitrogen and oxygen atoms in total. The Balaban J connectivity index is 1.73. The number of aliphatic imine (C=N–C) groups is 1. The first-order chi connectivity index (χ1) is 11.0. The predicted octanol–water partition coefficient (Wildman–Crippen LogP) is -0.383. The van der Waals surface area contributed by atoms with Crippen LogP contribution in [0.4, 0.5) is 0 Å². The van der Waals surface area contributed by atoms with Gasteiger partial charge in [0.15, 0.2) is 5.96 Å². The molecule has 1 saturated carbocycles. The smallest absolute Gasteiger partial charge is 0.241 e. The molecule has 2 fully saturated rings. The SMILES string of the molecule is CN=C(NCC(=O)N(C)C)NC1CCN(C2CCCC2O)CC1. The number of likely N-dealkylation sites (N-methyl/N-ethyl adjacent to an activating group) is 1. The number of carbonyl (C=O) groups is 1. The highest BCUT2D eigenvalue weighted by Gasteiger charge is 2.33. The minimum Gasteiger partial charge on any atom is -0.391 e. The number of likely N-dealkylation sites (tertiary alicyclic amines) is 1. The second-order valence-corrected chi connectivity index (χ2v) is 6.73. The number of piperidine rings is 1. The van der Waals surface area contributed by atoms with Gasteiger partial charge in [-0.3, -0.25) is 14.7 Å². The lowest BCUT2D eigenvalue weighted by Crippen LogP contribution is -2.52. The van der Waals surface area contributed by atoms with Gasteiger partial charge in [0.1, 0.15) is 0 Å². The van der Waals surface area contributed by atoms with Crippen molar-refractivity contribution in [3.63, 3.8) is 0 Å². The lowest BCUT2D eigenvalue weighted by atomic mass is 10.0. The number of amides is 1. The second kappa shape index (κ2) is 8.49. The molecular weight excluding hydrogens is 294 g/mol. The highest BCUT2D eigenvalue weighted by atomic mass is 16.3. The molecule has 1 aliphatic carbocycles. The van der Waals surface area contributed by atoms with Crippen LogP contribution in [0.1, 0.15) is 32.1 Å². The summed E-state index contributed by atoms with van der Waals surface area (Å²) in [6.07, 6.45) is 5.12. The first-order valence-corrected chi connectivity index (χ1v) is 8.60. The number of nitrogens with zero attached hydrogens (tertiary/aromatic N) is 3. The zero-order valence-corrected chi connectivity index (χ0v) is 14.6. The first-order valence-electron chi connectivity index (χ1n) is 8.60. The molecule has 2 unspecified atom stereocenters. The van der Waals surface area contributed by atoms with Gasteiger partial charge in [-0.1, -0.05) is 0 Å². The van der Waals surface area contributed by atoms with E-state index in [1.807, 2.05) is 0 Å². The van der Waals surface area contributed by atoms with Crippen molar-refractivity contribution >= 4 is 11.9 Å². The van der Waals surface area contributed by atoms with E-state index in [1.165, 1.54) is 0 Å². The van der Waals surface area contributed by atoms with Crippen molar-refractivity contribution in [1.82, 2.24) is 20.4 Å². The van der Waals surface area contributed by atoms with Crippen LogP contribution in [0, 0.1) is 0 Å². The number of rotatable bonds is 4. The van der Waals surface area contributed by atoms with E-state index in [2.05, 4.69) is 20.5 Å². The van der Waals surface area contributed by atoms with Crippen molar-refractivity contribution in [2.24, 2.45) is 4.99 Å². The molecule has 1 saturated heterocycles. The molecular formula is C16H31N5O2. The molecule has 7 heteroatoms. The van der Waals surface area contributed by atoms with Gasteiger partial charge in [-0.25, -0.2) is 0 Å². The Hall–Kier alpha value is -1.34. The number of carbonyl (C=O) groups excluding carboxylic acids is 1. The molecule has 23 heavy (non-hydrogen) atoms. The fraction of sp³-hybridized carbons (Fsp3) is 0.875. The van der Waals surface area contributed by atoms with E-state index in [-0.39, 0.29) is 18.6 Å². The minimum absolute atomic E-state index is 0.0259. The molecule has 2 rings (SSSR count). The Kier molecular flexibility index (Phi) is 6.65. The summed E-state index contributed by atoms with van der Waals surface area (Å²) in [7, 11) is 5.21. The van der Waals surface area contributed by atoms with Crippen LogP contribution in [0.2, 0.25) is 0 Å². The zero-order valence-electron chi connectivity index (χ0n) is 14.6. The largest absolute Gasteiger partial charge is 0.391 e. The number of hydrogen-bond donors (Lipinski definition) is 3. The highest BCUT2D eigenvalue weighted by Crippen LogP contribution is 2.26. The summed E-state index contributed by atoms with van der Waals surface area (Å²) in [5, 5.41) is 16.5. The predicted molar refractivity (Wildman–Crippen MR) is 91.4 cm³/mol. The van der Waals surface area contributed by atoms with Gasteiger partial charge in [0.2, 0.25) is 5.91 Å². The van der Waals surface area contributed by atoms with E-state index in [1.54, 1.807) is 26.0 Å². The van der Waals surface area contributed by atoms with Gasteiger partial charge in [0, 0.05) is 46.3 Å². The Labute approximate surface area is 139 Å². The third-order valence-electron chi connectivity index (χ3n) is 4.91. The van der Waals surface area contributed by atoms with Crippen molar-refractivity contribution in [3.05, 3.63) is 0 Å². The molecule has 0 spiro atoms. The number of nitrogens with one attached hydrogen (secondary N) is 2. The van der Waals surface area contributed by atoms with Crippen molar-refractivity contribution < 1.29 is 9.90 Å². The van der Waals surface area contributed by atoms with Crippen molar-refractivity contribution in [2.45, 2.75) is 50.3 Å². The molecule has 2 atom stereocenters. The van der Waals surface area contributed by atoms with Crippen LogP contribution in [-0.4, -0.2) is 85.7 Å². The molecule has 0 bridgehead atoms. The van der Waals surface area contributed by atoms with E-state index in [0.717, 1.165) is 45.2 Å². The number of aliphatic hydroxyl groups excluding tert-OH is 1. The van der Waals surface area contributed by atoms with E-state index in [9.17, 15) is 9.90 Å². The molecule has 0 aromatic heterocycles. The second-order valence-electron chi connectivity index (χ2n) is 6.73. The third kappa shape index (κ3) is 5.07. The summed E-state index contributed by atoms with van der Waals surface area (Å²) in [4.78, 5) is 19.8. The topological polar surface area (TPSA) is 80.2 Å². The minimum atomic E-state index is -0.147. The molecule has 0 aromatic rings. The van der Waals surface area contributed by atoms with Crippen LogP contribution in [0.5, 0.6) is 0 Å². The summed E-state index contributed by atoms with van der Waals surface area (Å²) >= 11 is 0. The van der Waals surface area contributed by atoms with Crippen LogP contribution >= 0.6 is 0 Å². The number of guanidine groups is 1. The molecule has 2 aliphatic rings. The van der Waals surface area contributed by atoms with Gasteiger partial charge in [-0.05, 0) is 32.1 Å². The van der Waals surface area contributed by atoms with E-state index >= 15 is 0 Å². The van der Waals surface area contributed by atoms with Gasteiger partial charge in [-0.2, -0.15) is 0 Å². The Morgan fingerprint density at radius 2 is 1.96 bits per heavy atom. The molecule has 1 aliphatic heterocycles. The van der Waals surface area contributed by atoms with Crippen molar-refractivity contribution in [1.29, 1.82) is 0 Å². The lowest BCUT2D eigenvalue weighted by molar-refractivity contribution is -0.127. The van der Waals surface area contributed by atoms with Crippen molar-refractivity contribution in [3.8, 4) is 0 Å². The van der Waals surface area contributed by atoms with E-state index in [0.29, 0.717) is 18.0 Å². The maximum absolute atomic E-state index is 11.6. The van der Waals surface area contributed by atoms with Gasteiger partial charge < -0.3 is 20.6 Å². The standard InChI is InChI=1S/C16H31N5O2/c1-17-16(18-11-15(23)20(2)3)19-12-7-9-21(10-8-12)13-5-4-6-14(13)22/h12-14,22H,4-11H2,1-3H3,(H2,17,18,19). The summed E-state index contributed by atoms with van der Waals surface area (Å²) in [6.45, 7) is 2.26. The molecule has 1 amide bonds. The van der Waals surface area contributed by atoms with Gasteiger partial charge in [0.25, 0.3) is 0 Å². The summed E-state index contributed by atoms with van der Waals surface area (Å²) in [6, 6.07) is 0.719. The van der Waals surface area contributed by atoms with Crippen LogP contribution in [-0.2, 0) is 4.79 Å². The Bertz CT molecular complexity index is 419. The fourth-order valence-electron chi connectivity index (χ4n) is 3.43. The molecule has 0 radical (unpaired) electrons. The van der Waals surface area contributed by atoms with Crippen LogP contribution in [0.15, 0.2) is 4.99 Å². The first kappa shape index (κ1) is 18.0. The molecule has 1 heterocycles. The maximum Gasteiger partial charge on any atom is 0.241 e. The third-order valence-corrected chi connectivity index (χ3v) is 4.91. The highest BCUT2D eigenvalue weighted by molar-refractivity contribution is 5.86. The van der Waals surface area contributed by atoms with Gasteiger partial charge in [0.05, 0.1) is 12.6 Å². The maximum atomic E-state index is 11.6. The summed E-state index contributed by atoms with van der Waals surface area (Å²) in [5.74, 6) is 0.706. The summed E-state index contributed by atoms with van der Waals surface area (Å²) in [5.41, 5.74) is 0. The quantitative estimate of drug-likeness (QED) is 0.485. The van der Waals surface area contributed by atoms with Crippen LogP contribution < -0.4 is 10.6 Å². The number of aliphatic hydroxyl groups is 1. The molecule has 3 N–H and O–H groups in total. The lowest BCUT2D eigenvalue weighted by Gasteiger charge is -2.37. The monoisotopic (exact) mass is 325 g/mol. The number of hydrogen-bond acceptors (Lipinski definition) is 4. The van der Waals surface area contributed by atoms with Gasteiger partial charge in [-0.15, -0.1) is 0 Å². The van der Waals surface area contributed by atoms with Crippen LogP contribution in [0.3, 0.4) is 0 Å². The van der Waals surface area contributed by atoms with Crippen molar-refractivity contribution in [2.75, 3.05) is 40.8 Å². The molecule has 132 valence electrons. The molecule has 0 aromatic carbocycles. The van der Waals surface area contributed by atoms with Gasteiger partial charge >= 0.3 is 0 Å². The van der Waals surface area contributed by atoms with E-state index in [4.69, 9.17) is 0 Å². The van der Waals surface area contributed by atoms with Crippen LogP contribution in [0.25, 0.3) is 0 Å². The average molecular weight is 325 g/mol. The average Bonchev–Trinajstić information content (AvgIpc) is 2.97. The van der Waals surface area contributed by atoms with E-state index < -0.39 is 0 Å².